The van der Waals surface area contributed by atoms with E-state index in [0.717, 1.165) is 23.2 Å². The second-order valence-electron chi connectivity index (χ2n) is 5.33. The van der Waals surface area contributed by atoms with Gasteiger partial charge >= 0.3 is 0 Å². The standard InChI is InChI=1S/C17H21BrN2/c1-13(2)20(11-14-6-4-3-5-7-14)12-15-8-9-16(18)10-17(15)19/h3-10,13H,11-12,19H2,1-2H3. The van der Waals surface area contributed by atoms with E-state index >= 15 is 0 Å². The maximum Gasteiger partial charge on any atom is 0.0371 e. The van der Waals surface area contributed by atoms with Gasteiger partial charge in [-0.25, -0.2) is 0 Å². The van der Waals surface area contributed by atoms with Gasteiger partial charge in [-0.15, -0.1) is 0 Å². The Hall–Kier alpha value is -1.32. The van der Waals surface area contributed by atoms with E-state index in [2.05, 4.69) is 71.1 Å². The van der Waals surface area contributed by atoms with Crippen LogP contribution in [0.15, 0.2) is 53.0 Å². The molecule has 2 rings (SSSR count). The highest BCUT2D eigenvalue weighted by atomic mass is 79.9. The van der Waals surface area contributed by atoms with Crippen molar-refractivity contribution in [2.24, 2.45) is 0 Å². The van der Waals surface area contributed by atoms with Crippen LogP contribution in [0.5, 0.6) is 0 Å². The van der Waals surface area contributed by atoms with Crippen LogP contribution >= 0.6 is 15.9 Å². The zero-order valence-corrected chi connectivity index (χ0v) is 13.6. The molecule has 0 spiro atoms. The number of nitrogen functional groups attached to an aromatic ring is 1. The Labute approximate surface area is 129 Å². The van der Waals surface area contributed by atoms with Gasteiger partial charge in [0.05, 0.1) is 0 Å². The molecule has 0 unspecified atom stereocenters. The molecular weight excluding hydrogens is 312 g/mol. The molecule has 0 radical (unpaired) electrons. The van der Waals surface area contributed by atoms with E-state index in [1.54, 1.807) is 0 Å². The molecule has 0 saturated heterocycles. The molecule has 0 amide bonds. The van der Waals surface area contributed by atoms with Gasteiger partial charge in [-0.3, -0.25) is 4.90 Å². The zero-order valence-electron chi connectivity index (χ0n) is 12.0. The highest BCUT2D eigenvalue weighted by Crippen LogP contribution is 2.21. The van der Waals surface area contributed by atoms with E-state index in [1.807, 2.05) is 12.1 Å². The first-order chi connectivity index (χ1) is 9.56. The maximum absolute atomic E-state index is 6.11. The summed E-state index contributed by atoms with van der Waals surface area (Å²) in [6.07, 6.45) is 0. The summed E-state index contributed by atoms with van der Waals surface area (Å²) < 4.78 is 1.03. The van der Waals surface area contributed by atoms with Crippen molar-refractivity contribution in [3.8, 4) is 0 Å². The summed E-state index contributed by atoms with van der Waals surface area (Å²) in [5.41, 5.74) is 9.46. The molecule has 3 heteroatoms. The molecule has 0 bridgehead atoms. The van der Waals surface area contributed by atoms with E-state index in [1.165, 1.54) is 11.1 Å². The molecule has 0 aromatic heterocycles. The van der Waals surface area contributed by atoms with Gasteiger partial charge in [0, 0.05) is 29.3 Å². The smallest absolute Gasteiger partial charge is 0.0371 e. The topological polar surface area (TPSA) is 29.3 Å². The molecule has 2 aromatic carbocycles. The minimum absolute atomic E-state index is 0.471. The third-order valence-corrected chi connectivity index (χ3v) is 3.93. The number of hydrogen-bond acceptors (Lipinski definition) is 2. The lowest BCUT2D eigenvalue weighted by atomic mass is 10.1. The van der Waals surface area contributed by atoms with Gasteiger partial charge in [0.2, 0.25) is 0 Å². The second-order valence-corrected chi connectivity index (χ2v) is 6.24. The second kappa shape index (κ2) is 6.91. The average Bonchev–Trinajstić information content (AvgIpc) is 2.42. The summed E-state index contributed by atoms with van der Waals surface area (Å²) >= 11 is 3.45. The van der Waals surface area contributed by atoms with Crippen molar-refractivity contribution in [3.63, 3.8) is 0 Å². The summed E-state index contributed by atoms with van der Waals surface area (Å²) in [4.78, 5) is 2.43. The molecule has 0 heterocycles. The summed E-state index contributed by atoms with van der Waals surface area (Å²) in [5, 5.41) is 0. The first-order valence-electron chi connectivity index (χ1n) is 6.88. The van der Waals surface area contributed by atoms with Crippen molar-refractivity contribution in [3.05, 3.63) is 64.1 Å². The Bertz CT molecular complexity index is 552. The average molecular weight is 333 g/mol. The third-order valence-electron chi connectivity index (χ3n) is 3.44. The Morgan fingerprint density at radius 1 is 1.05 bits per heavy atom. The first kappa shape index (κ1) is 15.1. The highest BCUT2D eigenvalue weighted by molar-refractivity contribution is 9.10. The number of nitrogens with two attached hydrogens (primary N) is 1. The fourth-order valence-corrected chi connectivity index (χ4v) is 2.55. The Morgan fingerprint density at radius 3 is 2.35 bits per heavy atom. The number of hydrogen-bond donors (Lipinski definition) is 1. The minimum atomic E-state index is 0.471. The van der Waals surface area contributed by atoms with Crippen molar-refractivity contribution < 1.29 is 0 Å². The predicted molar refractivity (Wildman–Crippen MR) is 89.4 cm³/mol. The highest BCUT2D eigenvalue weighted by Gasteiger charge is 2.12. The lowest BCUT2D eigenvalue weighted by Crippen LogP contribution is -2.30. The van der Waals surface area contributed by atoms with Crippen LogP contribution in [-0.4, -0.2) is 10.9 Å². The van der Waals surface area contributed by atoms with Gasteiger partial charge in [-0.2, -0.15) is 0 Å². The largest absolute Gasteiger partial charge is 0.398 e. The molecule has 0 fully saturated rings. The predicted octanol–water partition coefficient (Wildman–Crippen LogP) is 4.44. The number of nitrogens with zero attached hydrogens (tertiary/aromatic N) is 1. The molecular formula is C17H21BrN2. The summed E-state index contributed by atoms with van der Waals surface area (Å²) in [7, 11) is 0. The van der Waals surface area contributed by atoms with Gasteiger partial charge in [0.1, 0.15) is 0 Å². The van der Waals surface area contributed by atoms with Crippen LogP contribution in [0.25, 0.3) is 0 Å². The van der Waals surface area contributed by atoms with Gasteiger partial charge in [0.25, 0.3) is 0 Å². The molecule has 2 nitrogen and oxygen atoms in total. The van der Waals surface area contributed by atoms with E-state index in [9.17, 15) is 0 Å². The number of benzene rings is 2. The Kier molecular flexibility index (Phi) is 5.21. The monoisotopic (exact) mass is 332 g/mol. The molecule has 2 N–H and O–H groups in total. The summed E-state index contributed by atoms with van der Waals surface area (Å²) in [6.45, 7) is 6.25. The molecule has 0 saturated carbocycles. The van der Waals surface area contributed by atoms with E-state index in [4.69, 9.17) is 5.73 Å². The number of anilines is 1. The summed E-state index contributed by atoms with van der Waals surface area (Å²) in [5.74, 6) is 0. The van der Waals surface area contributed by atoms with Gasteiger partial charge in [-0.05, 0) is 37.1 Å². The van der Waals surface area contributed by atoms with Crippen molar-refractivity contribution in [2.45, 2.75) is 33.0 Å². The van der Waals surface area contributed by atoms with E-state index < -0.39 is 0 Å². The fourth-order valence-electron chi connectivity index (χ4n) is 2.17. The van der Waals surface area contributed by atoms with Gasteiger partial charge in [0.15, 0.2) is 0 Å². The zero-order chi connectivity index (χ0) is 14.5. The molecule has 0 aliphatic rings. The van der Waals surface area contributed by atoms with Crippen molar-refractivity contribution in [2.75, 3.05) is 5.73 Å². The lowest BCUT2D eigenvalue weighted by Gasteiger charge is -2.27. The molecule has 0 aliphatic carbocycles. The molecule has 0 aliphatic heterocycles. The van der Waals surface area contributed by atoms with Crippen LogP contribution in [0.4, 0.5) is 5.69 Å². The van der Waals surface area contributed by atoms with E-state index in [0.29, 0.717) is 6.04 Å². The van der Waals surface area contributed by atoms with Crippen molar-refractivity contribution in [1.29, 1.82) is 0 Å². The molecule has 0 atom stereocenters. The molecule has 20 heavy (non-hydrogen) atoms. The minimum Gasteiger partial charge on any atom is -0.398 e. The van der Waals surface area contributed by atoms with Crippen LogP contribution in [0.3, 0.4) is 0 Å². The SMILES string of the molecule is CC(C)N(Cc1ccccc1)Cc1ccc(Br)cc1N. The van der Waals surface area contributed by atoms with Gasteiger partial charge < -0.3 is 5.73 Å². The summed E-state index contributed by atoms with van der Waals surface area (Å²) in [6, 6.07) is 17.1. The van der Waals surface area contributed by atoms with Crippen LogP contribution in [0.1, 0.15) is 25.0 Å². The number of halogens is 1. The number of rotatable bonds is 5. The van der Waals surface area contributed by atoms with Crippen LogP contribution in [0.2, 0.25) is 0 Å². The van der Waals surface area contributed by atoms with Crippen LogP contribution < -0.4 is 5.73 Å². The molecule has 2 aromatic rings. The van der Waals surface area contributed by atoms with Crippen molar-refractivity contribution >= 4 is 21.6 Å². The molecule has 106 valence electrons. The Morgan fingerprint density at radius 2 is 1.75 bits per heavy atom. The fraction of sp³-hybridized carbons (Fsp3) is 0.294. The lowest BCUT2D eigenvalue weighted by molar-refractivity contribution is 0.204. The Balaban J connectivity index is 2.13. The normalized spacial score (nSPS) is 11.2. The van der Waals surface area contributed by atoms with E-state index in [-0.39, 0.29) is 0 Å². The van der Waals surface area contributed by atoms with Crippen LogP contribution in [0, 0.1) is 0 Å². The van der Waals surface area contributed by atoms with Crippen molar-refractivity contribution in [1.82, 2.24) is 4.90 Å². The third kappa shape index (κ3) is 4.09. The van der Waals surface area contributed by atoms with Crippen LogP contribution in [-0.2, 0) is 13.1 Å². The van der Waals surface area contributed by atoms with Gasteiger partial charge in [-0.1, -0.05) is 52.3 Å². The first-order valence-corrected chi connectivity index (χ1v) is 7.67. The maximum atomic E-state index is 6.11. The quantitative estimate of drug-likeness (QED) is 0.820.